The normalized spacial score (nSPS) is 24.6. The first kappa shape index (κ1) is 19.4. The smallest absolute Gasteiger partial charge is 0.399 e. The average molecular weight is 381 g/mol. The molecule has 1 N–H and O–H groups in total. The Morgan fingerprint density at radius 3 is 2.50 bits per heavy atom. The number of aromatic nitrogens is 2. The quantitative estimate of drug-likeness (QED) is 0.629. The van der Waals surface area contributed by atoms with Crippen LogP contribution in [0.5, 0.6) is 0 Å². The number of amides is 1. The molecule has 1 aromatic rings. The molecule has 0 spiro atoms. The highest BCUT2D eigenvalue weighted by molar-refractivity contribution is 6.61. The summed E-state index contributed by atoms with van der Waals surface area (Å²) < 4.78 is 12.0. The maximum atomic E-state index is 11.8. The molecular weight excluding hydrogens is 354 g/mol. The van der Waals surface area contributed by atoms with E-state index >= 15 is 0 Å². The fourth-order valence-corrected chi connectivity index (χ4v) is 3.27. The second kappa shape index (κ2) is 7.33. The molecule has 3 heterocycles. The number of anilines is 1. The van der Waals surface area contributed by atoms with Crippen molar-refractivity contribution in [1.29, 1.82) is 0 Å². The number of carbonyl (C=O) groups is 1. The van der Waals surface area contributed by atoms with Gasteiger partial charge in [0.15, 0.2) is 0 Å². The minimum absolute atomic E-state index is 0.0198. The molecule has 7 nitrogen and oxygen atoms in total. The molecule has 142 valence electrons. The van der Waals surface area contributed by atoms with Crippen molar-refractivity contribution in [3.63, 3.8) is 0 Å². The summed E-state index contributed by atoms with van der Waals surface area (Å²) in [5, 5.41) is 3.30. The van der Waals surface area contributed by atoms with E-state index in [0.29, 0.717) is 12.5 Å². The lowest BCUT2D eigenvalue weighted by molar-refractivity contribution is -0.129. The van der Waals surface area contributed by atoms with E-state index in [9.17, 15) is 4.79 Å². The molecule has 2 aliphatic heterocycles. The van der Waals surface area contributed by atoms with Crippen molar-refractivity contribution in [2.75, 3.05) is 24.3 Å². The molecule has 0 radical (unpaired) electrons. The van der Waals surface area contributed by atoms with E-state index in [1.807, 2.05) is 27.7 Å². The molecule has 0 unspecified atom stereocenters. The number of likely N-dealkylation sites (tertiary alicyclic amines) is 1. The molecule has 0 aromatic carbocycles. The third kappa shape index (κ3) is 3.97. The molecule has 1 aromatic heterocycles. The van der Waals surface area contributed by atoms with Crippen LogP contribution < -0.4 is 10.8 Å². The first-order valence-corrected chi connectivity index (χ1v) is 9.53. The minimum atomic E-state index is -0.472. The number of hydrogen-bond acceptors (Lipinski definition) is 6. The van der Waals surface area contributed by atoms with E-state index in [-0.39, 0.29) is 17.8 Å². The molecule has 1 amide bonds. The summed E-state index contributed by atoms with van der Waals surface area (Å²) in [6.45, 7) is 9.43. The van der Waals surface area contributed by atoms with Crippen LogP contribution in [-0.4, -0.2) is 64.1 Å². The van der Waals surface area contributed by atoms with Crippen molar-refractivity contribution in [2.24, 2.45) is 0 Å². The molecular formula is C17H26BClN4O3. The van der Waals surface area contributed by atoms with E-state index in [1.54, 1.807) is 17.3 Å². The van der Waals surface area contributed by atoms with Crippen LogP contribution in [0.25, 0.3) is 0 Å². The zero-order valence-electron chi connectivity index (χ0n) is 15.8. The highest BCUT2D eigenvalue weighted by Gasteiger charge is 2.51. The number of nitrogens with one attached hydrogen (secondary N) is 1. The van der Waals surface area contributed by atoms with Crippen molar-refractivity contribution in [3.05, 3.63) is 12.4 Å². The van der Waals surface area contributed by atoms with Gasteiger partial charge in [-0.2, -0.15) is 0 Å². The monoisotopic (exact) mass is 380 g/mol. The van der Waals surface area contributed by atoms with Gasteiger partial charge in [0, 0.05) is 37.0 Å². The number of carbonyl (C=O) groups excluding carboxylic acids is 1. The van der Waals surface area contributed by atoms with Gasteiger partial charge in [-0.25, -0.2) is 9.97 Å². The van der Waals surface area contributed by atoms with Crippen LogP contribution >= 0.6 is 11.6 Å². The van der Waals surface area contributed by atoms with Gasteiger partial charge in [-0.15, -0.1) is 11.6 Å². The van der Waals surface area contributed by atoms with Gasteiger partial charge in [0.1, 0.15) is 5.88 Å². The van der Waals surface area contributed by atoms with Gasteiger partial charge in [-0.1, -0.05) is 0 Å². The van der Waals surface area contributed by atoms with E-state index in [0.717, 1.165) is 24.8 Å². The summed E-state index contributed by atoms with van der Waals surface area (Å²) in [7, 11) is -0.472. The molecule has 0 aliphatic carbocycles. The zero-order chi connectivity index (χ0) is 18.9. The van der Waals surface area contributed by atoms with Crippen LogP contribution in [0.4, 0.5) is 5.95 Å². The minimum Gasteiger partial charge on any atom is -0.399 e. The highest BCUT2D eigenvalue weighted by atomic mass is 35.5. The number of rotatable bonds is 4. The van der Waals surface area contributed by atoms with Crippen LogP contribution in [0.1, 0.15) is 40.5 Å². The maximum absolute atomic E-state index is 11.8. The lowest BCUT2D eigenvalue weighted by Crippen LogP contribution is -2.46. The summed E-state index contributed by atoms with van der Waals surface area (Å²) >= 11 is 5.65. The van der Waals surface area contributed by atoms with Crippen LogP contribution in [0.3, 0.4) is 0 Å². The molecule has 0 bridgehead atoms. The second-order valence-electron chi connectivity index (χ2n) is 7.89. The van der Waals surface area contributed by atoms with Crippen molar-refractivity contribution < 1.29 is 14.1 Å². The largest absolute Gasteiger partial charge is 0.498 e. The fourth-order valence-electron chi connectivity index (χ4n) is 3.10. The second-order valence-corrected chi connectivity index (χ2v) is 8.15. The first-order valence-electron chi connectivity index (χ1n) is 9.00. The van der Waals surface area contributed by atoms with Gasteiger partial charge in [-0.3, -0.25) is 4.79 Å². The Balaban J connectivity index is 1.61. The lowest BCUT2D eigenvalue weighted by Gasteiger charge is -2.32. The maximum Gasteiger partial charge on any atom is 0.498 e. The number of alkyl halides is 1. The van der Waals surface area contributed by atoms with E-state index < -0.39 is 18.3 Å². The Bertz CT molecular complexity index is 640. The summed E-state index contributed by atoms with van der Waals surface area (Å²) in [4.78, 5) is 22.3. The Hall–Kier alpha value is -1.38. The van der Waals surface area contributed by atoms with Gasteiger partial charge < -0.3 is 19.5 Å². The Morgan fingerprint density at radius 2 is 1.92 bits per heavy atom. The van der Waals surface area contributed by atoms with E-state index in [4.69, 9.17) is 20.9 Å². The van der Waals surface area contributed by atoms with Crippen molar-refractivity contribution in [3.8, 4) is 0 Å². The molecule has 26 heavy (non-hydrogen) atoms. The number of piperidine rings is 1. The van der Waals surface area contributed by atoms with Crippen molar-refractivity contribution in [1.82, 2.24) is 14.9 Å². The zero-order valence-corrected chi connectivity index (χ0v) is 16.5. The molecule has 3 rings (SSSR count). The van der Waals surface area contributed by atoms with E-state index in [1.165, 1.54) is 0 Å². The molecule has 2 aliphatic rings. The fraction of sp³-hybridized carbons (Fsp3) is 0.706. The van der Waals surface area contributed by atoms with Gasteiger partial charge in [-0.05, 0) is 40.5 Å². The third-order valence-corrected chi connectivity index (χ3v) is 5.65. The van der Waals surface area contributed by atoms with Crippen LogP contribution in [0.15, 0.2) is 12.4 Å². The predicted molar refractivity (Wildman–Crippen MR) is 102 cm³/mol. The number of hydrogen-bond donors (Lipinski definition) is 1. The summed E-state index contributed by atoms with van der Waals surface area (Å²) in [6.07, 6.45) is 5.35. The molecule has 2 fully saturated rings. The Morgan fingerprint density at radius 1 is 1.31 bits per heavy atom. The van der Waals surface area contributed by atoms with Crippen molar-refractivity contribution >= 4 is 36.0 Å². The number of nitrogens with zero attached hydrogens (tertiary/aromatic N) is 3. The van der Waals surface area contributed by atoms with Gasteiger partial charge >= 0.3 is 7.12 Å². The van der Waals surface area contributed by atoms with Gasteiger partial charge in [0.05, 0.1) is 11.2 Å². The standard InChI is InChI=1S/C17H26BClN4O3/c1-16(2)17(3,4)26-18(25-16)12-9-20-15(21-10-12)22-13-6-5-7-23(11-13)14(24)8-19/h9-10,13H,5-8,11H2,1-4H3,(H,20,21,22)/t13-/m0/s1. The predicted octanol–water partition coefficient (Wildman–Crippen LogP) is 1.42. The summed E-state index contributed by atoms with van der Waals surface area (Å²) in [6, 6.07) is 0.124. The van der Waals surface area contributed by atoms with Crippen LogP contribution in [0.2, 0.25) is 0 Å². The lowest BCUT2D eigenvalue weighted by atomic mass is 9.81. The summed E-state index contributed by atoms with van der Waals surface area (Å²) in [5.41, 5.74) is 0.00120. The van der Waals surface area contributed by atoms with Gasteiger partial charge in [0.25, 0.3) is 0 Å². The Kier molecular flexibility index (Phi) is 5.46. The van der Waals surface area contributed by atoms with Crippen LogP contribution in [0, 0.1) is 0 Å². The number of halogens is 1. The topological polar surface area (TPSA) is 76.6 Å². The molecule has 0 saturated carbocycles. The first-order chi connectivity index (χ1) is 12.2. The highest BCUT2D eigenvalue weighted by Crippen LogP contribution is 2.36. The van der Waals surface area contributed by atoms with E-state index in [2.05, 4.69) is 15.3 Å². The molecule has 9 heteroatoms. The summed E-state index contributed by atoms with van der Waals surface area (Å²) in [5.74, 6) is 0.525. The van der Waals surface area contributed by atoms with Gasteiger partial charge in [0.2, 0.25) is 11.9 Å². The Labute approximate surface area is 159 Å². The van der Waals surface area contributed by atoms with Crippen molar-refractivity contribution in [2.45, 2.75) is 57.8 Å². The SMILES string of the molecule is CC1(C)OB(c2cnc(N[C@H]3CCCN(C(=O)CCl)C3)nc2)OC1(C)C. The third-order valence-electron chi connectivity index (χ3n) is 5.42. The molecule has 1 atom stereocenters. The molecule has 2 saturated heterocycles. The average Bonchev–Trinajstić information content (AvgIpc) is 2.83. The van der Waals surface area contributed by atoms with Crippen LogP contribution in [-0.2, 0) is 14.1 Å².